The molecule has 1 fully saturated rings. The van der Waals surface area contributed by atoms with Crippen LogP contribution in [0.4, 0.5) is 10.1 Å². The van der Waals surface area contributed by atoms with Crippen LogP contribution in [0, 0.1) is 11.7 Å². The maximum atomic E-state index is 13.7. The zero-order valence-corrected chi connectivity index (χ0v) is 14.5. The number of carbonyl (C=O) groups is 2. The van der Waals surface area contributed by atoms with Crippen molar-refractivity contribution in [1.29, 1.82) is 0 Å². The third-order valence-electron chi connectivity index (χ3n) is 5.33. The standard InChI is InChI=1S/C20H21FN2O3/c21-17-4-3-14-2-1-8-23(18(14)12-17)20(25)15-5-9-22(10-6-15)19(24)16-7-11-26-13-16/h3-4,7,11-13,15H,1-2,5-6,8-10H2. The van der Waals surface area contributed by atoms with Gasteiger partial charge in [0.2, 0.25) is 5.91 Å². The molecule has 0 aliphatic carbocycles. The lowest BCUT2D eigenvalue weighted by molar-refractivity contribution is -0.123. The number of fused-ring (bicyclic) bond motifs is 1. The summed E-state index contributed by atoms with van der Waals surface area (Å²) in [5, 5.41) is 0. The third kappa shape index (κ3) is 3.11. The van der Waals surface area contributed by atoms with E-state index in [2.05, 4.69) is 0 Å². The smallest absolute Gasteiger partial charge is 0.257 e. The van der Waals surface area contributed by atoms with E-state index in [1.807, 2.05) is 0 Å². The molecule has 1 saturated heterocycles. The summed E-state index contributed by atoms with van der Waals surface area (Å²) in [5.41, 5.74) is 2.27. The fourth-order valence-corrected chi connectivity index (χ4v) is 3.90. The highest BCUT2D eigenvalue weighted by molar-refractivity contribution is 5.97. The Morgan fingerprint density at radius 2 is 1.92 bits per heavy atom. The van der Waals surface area contributed by atoms with E-state index >= 15 is 0 Å². The Balaban J connectivity index is 1.43. The summed E-state index contributed by atoms with van der Waals surface area (Å²) >= 11 is 0. The van der Waals surface area contributed by atoms with E-state index < -0.39 is 0 Å². The van der Waals surface area contributed by atoms with Crippen LogP contribution in [-0.2, 0) is 11.2 Å². The number of nitrogens with zero attached hydrogens (tertiary/aromatic N) is 2. The van der Waals surface area contributed by atoms with Gasteiger partial charge < -0.3 is 14.2 Å². The van der Waals surface area contributed by atoms with Crippen LogP contribution in [0.2, 0.25) is 0 Å². The van der Waals surface area contributed by atoms with Crippen molar-refractivity contribution < 1.29 is 18.4 Å². The van der Waals surface area contributed by atoms with Crippen molar-refractivity contribution in [3.63, 3.8) is 0 Å². The molecule has 1 aromatic heterocycles. The quantitative estimate of drug-likeness (QED) is 0.830. The number of piperidine rings is 1. The van der Waals surface area contributed by atoms with Gasteiger partial charge in [-0.15, -0.1) is 0 Å². The van der Waals surface area contributed by atoms with Gasteiger partial charge in [-0.2, -0.15) is 0 Å². The first kappa shape index (κ1) is 16.8. The van der Waals surface area contributed by atoms with E-state index in [9.17, 15) is 14.0 Å². The van der Waals surface area contributed by atoms with E-state index in [4.69, 9.17) is 4.42 Å². The molecule has 5 nitrogen and oxygen atoms in total. The number of hydrogen-bond donors (Lipinski definition) is 0. The predicted octanol–water partition coefficient (Wildman–Crippen LogP) is 3.25. The fraction of sp³-hybridized carbons (Fsp3) is 0.400. The Morgan fingerprint density at radius 1 is 1.12 bits per heavy atom. The molecular formula is C20H21FN2O3. The number of aryl methyl sites for hydroxylation is 1. The van der Waals surface area contributed by atoms with Crippen LogP contribution in [0.15, 0.2) is 41.2 Å². The number of benzene rings is 1. The number of rotatable bonds is 2. The van der Waals surface area contributed by atoms with E-state index in [1.165, 1.54) is 24.7 Å². The maximum absolute atomic E-state index is 13.7. The average molecular weight is 356 g/mol. The van der Waals surface area contributed by atoms with E-state index in [1.54, 1.807) is 21.9 Å². The van der Waals surface area contributed by atoms with Gasteiger partial charge >= 0.3 is 0 Å². The summed E-state index contributed by atoms with van der Waals surface area (Å²) in [6.07, 6.45) is 5.95. The van der Waals surface area contributed by atoms with Crippen molar-refractivity contribution in [3.8, 4) is 0 Å². The Morgan fingerprint density at radius 3 is 2.65 bits per heavy atom. The van der Waals surface area contributed by atoms with Crippen LogP contribution in [0.1, 0.15) is 35.2 Å². The molecule has 0 atom stereocenters. The lowest BCUT2D eigenvalue weighted by Gasteiger charge is -2.36. The molecule has 0 spiro atoms. The summed E-state index contributed by atoms with van der Waals surface area (Å²) < 4.78 is 18.6. The van der Waals surface area contributed by atoms with Gasteiger partial charge in [0.1, 0.15) is 12.1 Å². The minimum atomic E-state index is -0.316. The molecule has 6 heteroatoms. The van der Waals surface area contributed by atoms with Crippen molar-refractivity contribution in [3.05, 3.63) is 53.7 Å². The SMILES string of the molecule is O=C(c1ccoc1)N1CCC(C(=O)N2CCCc3ccc(F)cc32)CC1. The highest BCUT2D eigenvalue weighted by atomic mass is 19.1. The van der Waals surface area contributed by atoms with Crippen LogP contribution in [0.25, 0.3) is 0 Å². The molecule has 1 aromatic carbocycles. The number of halogens is 1. The summed E-state index contributed by atoms with van der Waals surface area (Å²) in [7, 11) is 0. The van der Waals surface area contributed by atoms with Gasteiger partial charge in [0.05, 0.1) is 11.8 Å². The number of anilines is 1. The van der Waals surface area contributed by atoms with E-state index in [0.717, 1.165) is 18.4 Å². The Bertz CT molecular complexity index is 810. The second-order valence-corrected chi connectivity index (χ2v) is 6.94. The first-order chi connectivity index (χ1) is 12.6. The summed E-state index contributed by atoms with van der Waals surface area (Å²) in [4.78, 5) is 28.9. The molecule has 0 unspecified atom stereocenters. The minimum absolute atomic E-state index is 0.0481. The average Bonchev–Trinajstić information content (AvgIpc) is 3.21. The van der Waals surface area contributed by atoms with Crippen LogP contribution in [-0.4, -0.2) is 36.3 Å². The van der Waals surface area contributed by atoms with Crippen molar-refractivity contribution in [2.24, 2.45) is 5.92 Å². The number of likely N-dealkylation sites (tertiary alicyclic amines) is 1. The van der Waals surface area contributed by atoms with Gasteiger partial charge in [0.15, 0.2) is 0 Å². The molecule has 0 bridgehead atoms. The lowest BCUT2D eigenvalue weighted by Crippen LogP contribution is -2.45. The normalized spacial score (nSPS) is 17.9. The molecule has 3 heterocycles. The summed E-state index contributed by atoms with van der Waals surface area (Å²) in [5.74, 6) is -0.455. The largest absolute Gasteiger partial charge is 0.472 e. The lowest BCUT2D eigenvalue weighted by atomic mass is 9.93. The van der Waals surface area contributed by atoms with Crippen molar-refractivity contribution in [2.75, 3.05) is 24.5 Å². The molecule has 2 aliphatic heterocycles. The number of carbonyl (C=O) groups excluding carboxylic acids is 2. The van der Waals surface area contributed by atoms with Gasteiger partial charge in [0, 0.05) is 31.2 Å². The highest BCUT2D eigenvalue weighted by Gasteiger charge is 2.33. The first-order valence-corrected chi connectivity index (χ1v) is 9.05. The summed E-state index contributed by atoms with van der Waals surface area (Å²) in [6, 6.07) is 6.34. The van der Waals surface area contributed by atoms with Crippen LogP contribution in [0.3, 0.4) is 0 Å². The number of furan rings is 1. The molecule has 0 radical (unpaired) electrons. The zero-order chi connectivity index (χ0) is 18.1. The Hall–Kier alpha value is -2.63. The summed E-state index contributed by atoms with van der Waals surface area (Å²) in [6.45, 7) is 1.72. The number of amides is 2. The fourth-order valence-electron chi connectivity index (χ4n) is 3.90. The van der Waals surface area contributed by atoms with Gasteiger partial charge in [-0.25, -0.2) is 4.39 Å². The van der Waals surface area contributed by atoms with Crippen molar-refractivity contribution in [1.82, 2.24) is 4.90 Å². The van der Waals surface area contributed by atoms with Gasteiger partial charge in [-0.1, -0.05) is 6.07 Å². The molecule has 4 rings (SSSR count). The molecule has 0 N–H and O–H groups in total. The number of hydrogen-bond acceptors (Lipinski definition) is 3. The van der Waals surface area contributed by atoms with Gasteiger partial charge in [-0.3, -0.25) is 9.59 Å². The monoisotopic (exact) mass is 356 g/mol. The van der Waals surface area contributed by atoms with Crippen molar-refractivity contribution >= 4 is 17.5 Å². The molecule has 2 aromatic rings. The Labute approximate surface area is 151 Å². The molecule has 2 amide bonds. The second-order valence-electron chi connectivity index (χ2n) is 6.94. The predicted molar refractivity (Wildman–Crippen MR) is 94.4 cm³/mol. The highest BCUT2D eigenvalue weighted by Crippen LogP contribution is 2.31. The van der Waals surface area contributed by atoms with Gasteiger partial charge in [0.25, 0.3) is 5.91 Å². The Kier molecular flexibility index (Phi) is 4.49. The van der Waals surface area contributed by atoms with Crippen LogP contribution >= 0.6 is 0 Å². The molecule has 0 saturated carbocycles. The van der Waals surface area contributed by atoms with E-state index in [-0.39, 0.29) is 23.5 Å². The van der Waals surface area contributed by atoms with Crippen molar-refractivity contribution in [2.45, 2.75) is 25.7 Å². The topological polar surface area (TPSA) is 53.8 Å². The molecule has 2 aliphatic rings. The first-order valence-electron chi connectivity index (χ1n) is 9.05. The van der Waals surface area contributed by atoms with Crippen LogP contribution < -0.4 is 4.90 Å². The van der Waals surface area contributed by atoms with E-state index in [0.29, 0.717) is 43.7 Å². The minimum Gasteiger partial charge on any atom is -0.472 e. The zero-order valence-electron chi connectivity index (χ0n) is 14.5. The molecule has 26 heavy (non-hydrogen) atoms. The maximum Gasteiger partial charge on any atom is 0.257 e. The molecular weight excluding hydrogens is 335 g/mol. The van der Waals surface area contributed by atoms with Gasteiger partial charge in [-0.05, 0) is 49.4 Å². The third-order valence-corrected chi connectivity index (χ3v) is 5.33. The second kappa shape index (κ2) is 6.94. The molecule has 136 valence electrons. The van der Waals surface area contributed by atoms with Crippen LogP contribution in [0.5, 0.6) is 0 Å².